The molecule has 0 aliphatic heterocycles. The monoisotopic (exact) mass is 465 g/mol. The molecule has 2 aromatic carbocycles. The number of benzene rings is 2. The van der Waals surface area contributed by atoms with E-state index in [1.54, 1.807) is 6.07 Å². The second kappa shape index (κ2) is 10.8. The van der Waals surface area contributed by atoms with Crippen LogP contribution in [0, 0.1) is 13.8 Å². The number of nitrogens with one attached hydrogen (secondary N) is 2. The quantitative estimate of drug-likeness (QED) is 0.335. The number of anilines is 3. The zero-order chi connectivity index (χ0) is 23.1. The van der Waals surface area contributed by atoms with E-state index < -0.39 is 0 Å². The van der Waals surface area contributed by atoms with Gasteiger partial charge in [-0.3, -0.25) is 4.79 Å². The van der Waals surface area contributed by atoms with E-state index in [9.17, 15) is 4.79 Å². The molecular formula is C24H24ClN5OS. The molecule has 0 aliphatic carbocycles. The fourth-order valence-corrected chi connectivity index (χ4v) is 3.89. The number of aryl methyl sites for hydroxylation is 2. The van der Waals surface area contributed by atoms with Crippen molar-refractivity contribution in [1.82, 2.24) is 15.0 Å². The summed E-state index contributed by atoms with van der Waals surface area (Å²) in [5.74, 6) is 0.993. The minimum Gasteiger partial charge on any atom is -0.320 e. The maximum atomic E-state index is 12.6. The van der Waals surface area contributed by atoms with Crippen molar-refractivity contribution in [2.24, 2.45) is 0 Å². The fourth-order valence-electron chi connectivity index (χ4n) is 2.90. The van der Waals surface area contributed by atoms with Crippen molar-refractivity contribution in [3.05, 3.63) is 82.1 Å². The van der Waals surface area contributed by atoms with Gasteiger partial charge in [0.05, 0.1) is 22.6 Å². The lowest BCUT2D eigenvalue weighted by Crippen LogP contribution is -2.11. The number of amides is 1. The second-order valence-electron chi connectivity index (χ2n) is 6.59. The third-order valence-corrected chi connectivity index (χ3v) is 5.56. The van der Waals surface area contributed by atoms with E-state index in [4.69, 9.17) is 11.6 Å². The van der Waals surface area contributed by atoms with Gasteiger partial charge in [-0.2, -0.15) is 0 Å². The van der Waals surface area contributed by atoms with Gasteiger partial charge in [0, 0.05) is 11.6 Å². The molecule has 2 heterocycles. The summed E-state index contributed by atoms with van der Waals surface area (Å²) in [5.41, 5.74) is 3.31. The smallest absolute Gasteiger partial charge is 0.267 e. The molecule has 2 aromatic heterocycles. The summed E-state index contributed by atoms with van der Waals surface area (Å²) in [5, 5.41) is 7.08. The highest BCUT2D eigenvalue weighted by molar-refractivity contribution is 7.17. The molecule has 0 saturated heterocycles. The maximum absolute atomic E-state index is 12.6. The number of thiazole rings is 1. The highest BCUT2D eigenvalue weighted by atomic mass is 35.5. The molecule has 0 atom stereocenters. The minimum absolute atomic E-state index is 0.263. The standard InChI is InChI=1S/C22H18ClN5OS.C2H6/c1-13-7-6-10-16(23)20(13)28-21(29)18-12-24-22(30-18)27-19-11-17(25-14(2)26-19)15-8-4-3-5-9-15;1-2/h3-12H,1-2H3,(H,28,29)(H,24,25,26,27);1-2H3. The Morgan fingerprint density at radius 3 is 2.47 bits per heavy atom. The minimum atomic E-state index is -0.263. The number of carbonyl (C=O) groups excluding carboxylic acids is 1. The van der Waals surface area contributed by atoms with Crippen molar-refractivity contribution in [3.8, 4) is 11.3 Å². The molecule has 0 bridgehead atoms. The number of hydrogen-bond donors (Lipinski definition) is 2. The number of hydrogen-bond acceptors (Lipinski definition) is 6. The van der Waals surface area contributed by atoms with Crippen molar-refractivity contribution >= 4 is 45.5 Å². The van der Waals surface area contributed by atoms with Crippen LogP contribution in [0.2, 0.25) is 5.02 Å². The molecule has 0 saturated carbocycles. The summed E-state index contributed by atoms with van der Waals surface area (Å²) < 4.78 is 0. The molecular weight excluding hydrogens is 442 g/mol. The van der Waals surface area contributed by atoms with Gasteiger partial charge >= 0.3 is 0 Å². The first-order valence-electron chi connectivity index (χ1n) is 10.2. The van der Waals surface area contributed by atoms with E-state index in [1.165, 1.54) is 17.5 Å². The van der Waals surface area contributed by atoms with Crippen LogP contribution >= 0.6 is 22.9 Å². The van der Waals surface area contributed by atoms with Gasteiger partial charge in [0.15, 0.2) is 5.13 Å². The summed E-state index contributed by atoms with van der Waals surface area (Å²) in [6.45, 7) is 7.73. The first kappa shape index (κ1) is 23.4. The van der Waals surface area contributed by atoms with E-state index in [0.717, 1.165) is 16.8 Å². The number of carbonyl (C=O) groups is 1. The Morgan fingerprint density at radius 2 is 1.75 bits per heavy atom. The van der Waals surface area contributed by atoms with E-state index in [2.05, 4.69) is 25.6 Å². The molecule has 8 heteroatoms. The lowest BCUT2D eigenvalue weighted by atomic mass is 10.1. The maximum Gasteiger partial charge on any atom is 0.267 e. The molecule has 1 amide bonds. The number of para-hydroxylation sites is 1. The third kappa shape index (κ3) is 5.69. The van der Waals surface area contributed by atoms with Crippen LogP contribution in [0.3, 0.4) is 0 Å². The van der Waals surface area contributed by atoms with Crippen molar-refractivity contribution in [1.29, 1.82) is 0 Å². The topological polar surface area (TPSA) is 79.8 Å². The molecule has 6 nitrogen and oxygen atoms in total. The van der Waals surface area contributed by atoms with E-state index in [0.29, 0.717) is 32.4 Å². The molecule has 0 aliphatic rings. The van der Waals surface area contributed by atoms with Crippen LogP contribution in [-0.2, 0) is 0 Å². The molecule has 0 unspecified atom stereocenters. The summed E-state index contributed by atoms with van der Waals surface area (Å²) in [6, 6.07) is 17.2. The Hall–Kier alpha value is -3.29. The zero-order valence-electron chi connectivity index (χ0n) is 18.3. The van der Waals surface area contributed by atoms with Crippen molar-refractivity contribution in [2.45, 2.75) is 27.7 Å². The largest absolute Gasteiger partial charge is 0.320 e. The summed E-state index contributed by atoms with van der Waals surface area (Å²) in [4.78, 5) is 26.3. The summed E-state index contributed by atoms with van der Waals surface area (Å²) in [7, 11) is 0. The Bertz CT molecular complexity index is 1190. The van der Waals surface area contributed by atoms with Crippen molar-refractivity contribution < 1.29 is 4.79 Å². The van der Waals surface area contributed by atoms with Crippen LogP contribution in [0.4, 0.5) is 16.6 Å². The average molecular weight is 466 g/mol. The number of rotatable bonds is 5. The van der Waals surface area contributed by atoms with E-state index >= 15 is 0 Å². The Kier molecular flexibility index (Phi) is 7.92. The normalized spacial score (nSPS) is 10.2. The van der Waals surface area contributed by atoms with Gasteiger partial charge in [-0.25, -0.2) is 15.0 Å². The van der Waals surface area contributed by atoms with Gasteiger partial charge < -0.3 is 10.6 Å². The molecule has 4 rings (SSSR count). The van der Waals surface area contributed by atoms with E-state index in [-0.39, 0.29) is 5.91 Å². The number of aromatic nitrogens is 3. The first-order valence-corrected chi connectivity index (χ1v) is 11.4. The highest BCUT2D eigenvalue weighted by Gasteiger charge is 2.14. The van der Waals surface area contributed by atoms with Crippen LogP contribution in [0.5, 0.6) is 0 Å². The van der Waals surface area contributed by atoms with Crippen LogP contribution in [0.1, 0.15) is 34.9 Å². The van der Waals surface area contributed by atoms with E-state index in [1.807, 2.05) is 76.2 Å². The van der Waals surface area contributed by atoms with Crippen LogP contribution in [-0.4, -0.2) is 20.9 Å². The third-order valence-electron chi connectivity index (χ3n) is 4.33. The molecule has 2 N–H and O–H groups in total. The van der Waals surface area contributed by atoms with Gasteiger partial charge in [0.2, 0.25) is 0 Å². The van der Waals surface area contributed by atoms with Gasteiger partial charge in [-0.15, -0.1) is 0 Å². The fraction of sp³-hybridized carbons (Fsp3) is 0.167. The Morgan fingerprint density at radius 1 is 1.00 bits per heavy atom. The molecule has 164 valence electrons. The lowest BCUT2D eigenvalue weighted by molar-refractivity contribution is 0.103. The Balaban J connectivity index is 0.00000141. The molecule has 4 aromatic rings. The lowest BCUT2D eigenvalue weighted by Gasteiger charge is -2.09. The Labute approximate surface area is 196 Å². The predicted molar refractivity (Wildman–Crippen MR) is 133 cm³/mol. The average Bonchev–Trinajstić information content (AvgIpc) is 3.26. The van der Waals surface area contributed by atoms with Crippen molar-refractivity contribution in [3.63, 3.8) is 0 Å². The molecule has 0 fully saturated rings. The molecule has 32 heavy (non-hydrogen) atoms. The van der Waals surface area contributed by atoms with Crippen LogP contribution < -0.4 is 10.6 Å². The first-order chi connectivity index (χ1) is 15.5. The predicted octanol–water partition coefficient (Wildman–Crippen LogP) is 6.89. The van der Waals surface area contributed by atoms with Gasteiger partial charge in [-0.1, -0.05) is 79.2 Å². The van der Waals surface area contributed by atoms with Gasteiger partial charge in [-0.05, 0) is 25.5 Å². The van der Waals surface area contributed by atoms with Crippen LogP contribution in [0.25, 0.3) is 11.3 Å². The summed E-state index contributed by atoms with van der Waals surface area (Å²) in [6.07, 6.45) is 1.53. The van der Waals surface area contributed by atoms with Crippen molar-refractivity contribution in [2.75, 3.05) is 10.6 Å². The second-order valence-corrected chi connectivity index (χ2v) is 8.03. The highest BCUT2D eigenvalue weighted by Crippen LogP contribution is 2.28. The zero-order valence-corrected chi connectivity index (χ0v) is 19.9. The number of nitrogens with zero attached hydrogens (tertiary/aromatic N) is 3. The van der Waals surface area contributed by atoms with Gasteiger partial charge in [0.25, 0.3) is 5.91 Å². The molecule has 0 spiro atoms. The number of halogens is 1. The SMILES string of the molecule is CC.Cc1nc(Nc2ncc(C(=O)Nc3c(C)cccc3Cl)s2)cc(-c2ccccc2)n1. The van der Waals surface area contributed by atoms with Crippen LogP contribution in [0.15, 0.2) is 60.8 Å². The summed E-state index contributed by atoms with van der Waals surface area (Å²) >= 11 is 7.44. The van der Waals surface area contributed by atoms with Gasteiger partial charge in [0.1, 0.15) is 16.5 Å². The molecule has 0 radical (unpaired) electrons.